The van der Waals surface area contributed by atoms with E-state index in [1.807, 2.05) is 42.9 Å². The lowest BCUT2D eigenvalue weighted by atomic mass is 10.1. The predicted molar refractivity (Wildman–Crippen MR) is 122 cm³/mol. The van der Waals surface area contributed by atoms with Gasteiger partial charge in [-0.3, -0.25) is 9.47 Å². The molecule has 2 heterocycles. The number of rotatable bonds is 7. The second-order valence-electron chi connectivity index (χ2n) is 7.56. The molecule has 10 heteroatoms. The molecule has 4 rings (SSSR count). The fourth-order valence-electron chi connectivity index (χ4n) is 3.00. The number of thioether (sulfide) groups is 1. The Bertz CT molecular complexity index is 1220. The zero-order chi connectivity index (χ0) is 22.8. The molecule has 0 aliphatic carbocycles. The maximum atomic E-state index is 13.9. The van der Waals surface area contributed by atoms with Gasteiger partial charge in [-0.25, -0.2) is 4.39 Å². The van der Waals surface area contributed by atoms with Crippen molar-refractivity contribution in [3.05, 3.63) is 70.6 Å². The summed E-state index contributed by atoms with van der Waals surface area (Å²) in [6.45, 7) is 3.77. The van der Waals surface area contributed by atoms with Crippen LogP contribution in [0.4, 0.5) is 4.39 Å². The number of aromatic nitrogens is 5. The van der Waals surface area contributed by atoms with Gasteiger partial charge in [-0.1, -0.05) is 40.7 Å². The van der Waals surface area contributed by atoms with E-state index in [1.54, 1.807) is 19.1 Å². The first-order valence-corrected chi connectivity index (χ1v) is 11.3. The van der Waals surface area contributed by atoms with Crippen molar-refractivity contribution in [1.82, 2.24) is 29.8 Å². The van der Waals surface area contributed by atoms with Crippen LogP contribution in [0, 0.1) is 12.7 Å². The molecule has 0 radical (unpaired) electrons. The van der Waals surface area contributed by atoms with Crippen LogP contribution in [0.5, 0.6) is 0 Å². The van der Waals surface area contributed by atoms with Crippen molar-refractivity contribution in [2.45, 2.75) is 30.8 Å². The molecule has 7 nitrogen and oxygen atoms in total. The van der Waals surface area contributed by atoms with Gasteiger partial charge in [-0.15, -0.1) is 10.2 Å². The second kappa shape index (κ2) is 9.40. The maximum Gasteiger partial charge on any atom is 0.237 e. The van der Waals surface area contributed by atoms with Crippen molar-refractivity contribution >= 4 is 23.4 Å². The lowest BCUT2D eigenvalue weighted by Crippen LogP contribution is -2.20. The molecular formula is C22H22ClFN6OS. The van der Waals surface area contributed by atoms with Gasteiger partial charge in [-0.2, -0.15) is 4.98 Å². The summed E-state index contributed by atoms with van der Waals surface area (Å²) < 4.78 is 21.3. The predicted octanol–water partition coefficient (Wildman–Crippen LogP) is 5.33. The molecule has 166 valence electrons. The van der Waals surface area contributed by atoms with Crippen LogP contribution in [0.25, 0.3) is 17.1 Å². The molecule has 1 atom stereocenters. The van der Waals surface area contributed by atoms with Gasteiger partial charge in [-0.05, 0) is 63.8 Å². The molecule has 0 aliphatic heterocycles. The van der Waals surface area contributed by atoms with Crippen molar-refractivity contribution in [3.63, 3.8) is 0 Å². The molecule has 1 unspecified atom stereocenters. The van der Waals surface area contributed by atoms with Gasteiger partial charge in [0, 0.05) is 16.3 Å². The molecule has 0 amide bonds. The highest BCUT2D eigenvalue weighted by Gasteiger charge is 2.22. The lowest BCUT2D eigenvalue weighted by molar-refractivity contribution is 0.305. The van der Waals surface area contributed by atoms with E-state index in [-0.39, 0.29) is 11.9 Å². The second-order valence-corrected chi connectivity index (χ2v) is 8.94. The quantitative estimate of drug-likeness (QED) is 0.336. The Hall–Kier alpha value is -2.75. The van der Waals surface area contributed by atoms with Crippen LogP contribution < -0.4 is 0 Å². The summed E-state index contributed by atoms with van der Waals surface area (Å²) in [6, 6.07) is 12.4. The van der Waals surface area contributed by atoms with Crippen molar-refractivity contribution in [2.24, 2.45) is 0 Å². The summed E-state index contributed by atoms with van der Waals surface area (Å²) >= 11 is 7.50. The highest BCUT2D eigenvalue weighted by molar-refractivity contribution is 7.98. The summed E-state index contributed by atoms with van der Waals surface area (Å²) in [7, 11) is 3.98. The number of aryl methyl sites for hydroxylation is 1. The van der Waals surface area contributed by atoms with Gasteiger partial charge in [0.1, 0.15) is 5.82 Å². The fourth-order valence-corrected chi connectivity index (χ4v) is 3.92. The summed E-state index contributed by atoms with van der Waals surface area (Å²) in [5, 5.41) is 14.2. The van der Waals surface area contributed by atoms with E-state index in [0.29, 0.717) is 38.8 Å². The van der Waals surface area contributed by atoms with Crippen LogP contribution in [0.15, 0.2) is 52.1 Å². The number of hydrogen-bond acceptors (Lipinski definition) is 7. The average Bonchev–Trinajstić information content (AvgIpc) is 3.41. The third-order valence-electron chi connectivity index (χ3n) is 5.11. The smallest absolute Gasteiger partial charge is 0.237 e. The first-order chi connectivity index (χ1) is 15.3. The number of halogens is 2. The van der Waals surface area contributed by atoms with Crippen LogP contribution in [0.1, 0.15) is 30.2 Å². The third-order valence-corrected chi connectivity index (χ3v) is 6.28. The van der Waals surface area contributed by atoms with Gasteiger partial charge >= 0.3 is 0 Å². The third kappa shape index (κ3) is 4.69. The monoisotopic (exact) mass is 472 g/mol. The average molecular weight is 473 g/mol. The van der Waals surface area contributed by atoms with Gasteiger partial charge in [0.2, 0.25) is 11.7 Å². The SMILES string of the molecule is Cc1ccc(-c2noc(CSc3nnc(C(C)N(C)C)n3-c3ccc(Cl)cc3)n2)cc1F. The molecule has 0 fully saturated rings. The van der Waals surface area contributed by atoms with Crippen molar-refractivity contribution < 1.29 is 8.91 Å². The Morgan fingerprint density at radius 1 is 1.16 bits per heavy atom. The molecule has 2 aromatic carbocycles. The van der Waals surface area contributed by atoms with Crippen LogP contribution >= 0.6 is 23.4 Å². The number of benzene rings is 2. The lowest BCUT2D eigenvalue weighted by Gasteiger charge is -2.20. The van der Waals surface area contributed by atoms with Crippen LogP contribution in [-0.4, -0.2) is 43.9 Å². The van der Waals surface area contributed by atoms with Crippen LogP contribution in [-0.2, 0) is 5.75 Å². The van der Waals surface area contributed by atoms with Crippen LogP contribution in [0.2, 0.25) is 5.02 Å². The van der Waals surface area contributed by atoms with E-state index in [9.17, 15) is 4.39 Å². The minimum atomic E-state index is -0.304. The Labute approximate surface area is 194 Å². The fraction of sp³-hybridized carbons (Fsp3) is 0.273. The largest absolute Gasteiger partial charge is 0.338 e. The number of hydrogen-bond donors (Lipinski definition) is 0. The van der Waals surface area contributed by atoms with E-state index >= 15 is 0 Å². The van der Waals surface area contributed by atoms with E-state index in [4.69, 9.17) is 16.1 Å². The van der Waals surface area contributed by atoms with E-state index < -0.39 is 0 Å². The molecule has 0 N–H and O–H groups in total. The normalized spacial score (nSPS) is 12.5. The highest BCUT2D eigenvalue weighted by Crippen LogP contribution is 2.29. The zero-order valence-corrected chi connectivity index (χ0v) is 19.7. The molecule has 0 aliphatic rings. The Kier molecular flexibility index (Phi) is 6.59. The molecule has 4 aromatic rings. The molecule has 0 saturated heterocycles. The molecule has 2 aromatic heterocycles. The van der Waals surface area contributed by atoms with Gasteiger partial charge in [0.25, 0.3) is 0 Å². The minimum absolute atomic E-state index is 0.0407. The molecule has 32 heavy (non-hydrogen) atoms. The van der Waals surface area contributed by atoms with Gasteiger partial charge in [0.05, 0.1) is 11.8 Å². The summed E-state index contributed by atoms with van der Waals surface area (Å²) in [4.78, 5) is 6.47. The van der Waals surface area contributed by atoms with Gasteiger partial charge < -0.3 is 4.52 Å². The van der Waals surface area contributed by atoms with E-state index in [0.717, 1.165) is 11.5 Å². The summed E-state index contributed by atoms with van der Waals surface area (Å²) in [5.74, 6) is 1.66. The molecule has 0 bridgehead atoms. The van der Waals surface area contributed by atoms with E-state index in [2.05, 4.69) is 32.2 Å². The zero-order valence-electron chi connectivity index (χ0n) is 18.1. The Balaban J connectivity index is 1.59. The summed E-state index contributed by atoms with van der Waals surface area (Å²) in [6.07, 6.45) is 0. The highest BCUT2D eigenvalue weighted by atomic mass is 35.5. The van der Waals surface area contributed by atoms with Gasteiger partial charge in [0.15, 0.2) is 11.0 Å². The standard InChI is InChI=1S/C22H22ClFN6OS/c1-13-5-6-15(11-18(13)24)20-25-19(31-28-20)12-32-22-27-26-21(14(2)29(3)4)30(22)17-9-7-16(23)8-10-17/h5-11,14H,12H2,1-4H3. The first-order valence-electron chi connectivity index (χ1n) is 9.93. The Morgan fingerprint density at radius 3 is 2.59 bits per heavy atom. The van der Waals surface area contributed by atoms with Crippen molar-refractivity contribution in [1.29, 1.82) is 0 Å². The van der Waals surface area contributed by atoms with Crippen LogP contribution in [0.3, 0.4) is 0 Å². The van der Waals surface area contributed by atoms with Crippen molar-refractivity contribution in [2.75, 3.05) is 14.1 Å². The molecular weight excluding hydrogens is 451 g/mol. The minimum Gasteiger partial charge on any atom is -0.338 e. The summed E-state index contributed by atoms with van der Waals surface area (Å²) in [5.41, 5.74) is 2.05. The number of nitrogens with zero attached hydrogens (tertiary/aromatic N) is 6. The molecule has 0 spiro atoms. The Morgan fingerprint density at radius 2 is 1.91 bits per heavy atom. The first kappa shape index (κ1) is 22.4. The molecule has 0 saturated carbocycles. The van der Waals surface area contributed by atoms with E-state index in [1.165, 1.54) is 17.8 Å². The van der Waals surface area contributed by atoms with Crippen molar-refractivity contribution in [3.8, 4) is 17.1 Å². The maximum absolute atomic E-state index is 13.9. The topological polar surface area (TPSA) is 72.9 Å².